The van der Waals surface area contributed by atoms with Gasteiger partial charge in [-0.15, -0.1) is 35.3 Å². The number of aromatic nitrogens is 2. The summed E-state index contributed by atoms with van der Waals surface area (Å²) in [6, 6.07) is 3.88. The molecule has 1 fully saturated rings. The molecule has 0 bridgehead atoms. The van der Waals surface area contributed by atoms with Gasteiger partial charge in [0.15, 0.2) is 11.1 Å². The van der Waals surface area contributed by atoms with Crippen LogP contribution in [0.2, 0.25) is 0 Å². The van der Waals surface area contributed by atoms with Gasteiger partial charge in [0.25, 0.3) is 0 Å². The maximum Gasteiger partial charge on any atom is 0.218 e. The van der Waals surface area contributed by atoms with Gasteiger partial charge in [0, 0.05) is 49.5 Å². The molecule has 9 heteroatoms. The zero-order chi connectivity index (χ0) is 17.5. The SMILES string of the molecule is CCCOc1ncccc1CN=C(N)N1CCN(c2nccs2)CC1.I. The van der Waals surface area contributed by atoms with Crippen molar-refractivity contribution in [3.05, 3.63) is 35.5 Å². The van der Waals surface area contributed by atoms with Gasteiger partial charge in [0.05, 0.1) is 13.2 Å². The summed E-state index contributed by atoms with van der Waals surface area (Å²) in [7, 11) is 0. The number of nitrogens with zero attached hydrogens (tertiary/aromatic N) is 5. The molecule has 142 valence electrons. The van der Waals surface area contributed by atoms with Crippen molar-refractivity contribution in [2.24, 2.45) is 10.7 Å². The predicted molar refractivity (Wildman–Crippen MR) is 117 cm³/mol. The van der Waals surface area contributed by atoms with Crippen LogP contribution in [0.3, 0.4) is 0 Å². The second-order valence-electron chi connectivity index (χ2n) is 5.78. The summed E-state index contributed by atoms with van der Waals surface area (Å²) in [5.74, 6) is 1.22. The average Bonchev–Trinajstić information content (AvgIpc) is 3.20. The number of hydrogen-bond acceptors (Lipinski definition) is 6. The number of thiazole rings is 1. The Kier molecular flexibility index (Phi) is 8.36. The average molecular weight is 488 g/mol. The number of aliphatic imine (C=N–C) groups is 1. The Morgan fingerprint density at radius 1 is 1.27 bits per heavy atom. The second kappa shape index (κ2) is 10.5. The monoisotopic (exact) mass is 488 g/mol. The first-order chi connectivity index (χ1) is 12.3. The summed E-state index contributed by atoms with van der Waals surface area (Å²) >= 11 is 1.67. The van der Waals surface area contributed by atoms with Crippen molar-refractivity contribution in [3.63, 3.8) is 0 Å². The van der Waals surface area contributed by atoms with E-state index in [1.807, 2.05) is 23.7 Å². The van der Waals surface area contributed by atoms with Crippen LogP contribution in [-0.4, -0.2) is 53.6 Å². The molecule has 0 amide bonds. The van der Waals surface area contributed by atoms with Crippen LogP contribution in [0.5, 0.6) is 5.88 Å². The van der Waals surface area contributed by atoms with Gasteiger partial charge in [-0.1, -0.05) is 13.0 Å². The number of hydrogen-bond donors (Lipinski definition) is 1. The van der Waals surface area contributed by atoms with Crippen molar-refractivity contribution in [1.29, 1.82) is 0 Å². The third kappa shape index (κ3) is 5.44. The van der Waals surface area contributed by atoms with E-state index in [-0.39, 0.29) is 24.0 Å². The third-order valence-electron chi connectivity index (χ3n) is 4.00. The van der Waals surface area contributed by atoms with Gasteiger partial charge in [-0.25, -0.2) is 15.0 Å². The molecule has 2 aromatic heterocycles. The molecule has 0 atom stereocenters. The predicted octanol–water partition coefficient (Wildman–Crippen LogP) is 2.58. The summed E-state index contributed by atoms with van der Waals surface area (Å²) < 4.78 is 5.67. The molecule has 0 aliphatic carbocycles. The lowest BCUT2D eigenvalue weighted by Crippen LogP contribution is -2.51. The van der Waals surface area contributed by atoms with E-state index in [4.69, 9.17) is 10.5 Å². The zero-order valence-corrected chi connectivity index (χ0v) is 18.0. The summed E-state index contributed by atoms with van der Waals surface area (Å²) in [6.45, 7) is 6.71. The number of halogens is 1. The molecule has 0 saturated carbocycles. The van der Waals surface area contributed by atoms with Crippen LogP contribution < -0.4 is 15.4 Å². The molecule has 3 heterocycles. The normalized spacial score (nSPS) is 14.9. The topological polar surface area (TPSA) is 79.9 Å². The van der Waals surface area contributed by atoms with Crippen LogP contribution in [0.15, 0.2) is 34.9 Å². The van der Waals surface area contributed by atoms with Crippen molar-refractivity contribution in [2.75, 3.05) is 37.7 Å². The maximum absolute atomic E-state index is 6.19. The Hall–Kier alpha value is -1.62. The minimum absolute atomic E-state index is 0. The second-order valence-corrected chi connectivity index (χ2v) is 6.65. The maximum atomic E-state index is 6.19. The van der Waals surface area contributed by atoms with Gasteiger partial charge in [0.2, 0.25) is 5.88 Å². The lowest BCUT2D eigenvalue weighted by atomic mass is 10.3. The van der Waals surface area contributed by atoms with Gasteiger partial charge >= 0.3 is 0 Å². The summed E-state index contributed by atoms with van der Waals surface area (Å²) in [5, 5.41) is 3.08. The van der Waals surface area contributed by atoms with Crippen molar-refractivity contribution in [1.82, 2.24) is 14.9 Å². The largest absolute Gasteiger partial charge is 0.477 e. The van der Waals surface area contributed by atoms with Crippen molar-refractivity contribution in [2.45, 2.75) is 19.9 Å². The lowest BCUT2D eigenvalue weighted by Gasteiger charge is -2.35. The lowest BCUT2D eigenvalue weighted by molar-refractivity contribution is 0.302. The molecule has 26 heavy (non-hydrogen) atoms. The highest BCUT2D eigenvalue weighted by molar-refractivity contribution is 14.0. The van der Waals surface area contributed by atoms with Crippen LogP contribution in [0.1, 0.15) is 18.9 Å². The highest BCUT2D eigenvalue weighted by atomic mass is 127. The summed E-state index contributed by atoms with van der Waals surface area (Å²) in [6.07, 6.45) is 4.53. The highest BCUT2D eigenvalue weighted by Gasteiger charge is 2.19. The Morgan fingerprint density at radius 3 is 2.77 bits per heavy atom. The van der Waals surface area contributed by atoms with E-state index >= 15 is 0 Å². The van der Waals surface area contributed by atoms with E-state index in [0.29, 0.717) is 25.0 Å². The van der Waals surface area contributed by atoms with E-state index in [9.17, 15) is 0 Å². The molecule has 1 saturated heterocycles. The van der Waals surface area contributed by atoms with Crippen LogP contribution in [0, 0.1) is 0 Å². The summed E-state index contributed by atoms with van der Waals surface area (Å²) in [4.78, 5) is 17.6. The Balaban J connectivity index is 0.00000243. The molecule has 0 radical (unpaired) electrons. The number of anilines is 1. The van der Waals surface area contributed by atoms with Crippen molar-refractivity contribution in [3.8, 4) is 5.88 Å². The highest BCUT2D eigenvalue weighted by Crippen LogP contribution is 2.19. The van der Waals surface area contributed by atoms with Gasteiger partial charge in [-0.2, -0.15) is 0 Å². The van der Waals surface area contributed by atoms with Crippen molar-refractivity contribution >= 4 is 46.4 Å². The van der Waals surface area contributed by atoms with Crippen LogP contribution >= 0.6 is 35.3 Å². The van der Waals surface area contributed by atoms with Gasteiger partial charge in [-0.05, 0) is 12.5 Å². The number of pyridine rings is 1. The zero-order valence-electron chi connectivity index (χ0n) is 14.9. The molecule has 7 nitrogen and oxygen atoms in total. The number of nitrogens with two attached hydrogens (primary N) is 1. The Bertz CT molecular complexity index is 688. The molecular formula is C17H25IN6OS. The molecule has 0 aromatic carbocycles. The Labute approximate surface area is 175 Å². The van der Waals surface area contributed by atoms with Crippen molar-refractivity contribution < 1.29 is 4.74 Å². The van der Waals surface area contributed by atoms with Gasteiger partial charge in [-0.3, -0.25) is 0 Å². The number of rotatable bonds is 6. The molecule has 0 spiro atoms. The first-order valence-electron chi connectivity index (χ1n) is 8.54. The standard InChI is InChI=1S/C17H24N6OS.HI/c1-2-11-24-15-14(4-3-5-19-15)13-21-16(18)22-7-9-23(10-8-22)17-20-6-12-25-17;/h3-6,12H,2,7-11,13H2,1H3,(H2,18,21);1H. The number of piperazine rings is 1. The molecule has 3 rings (SSSR count). The quantitative estimate of drug-likeness (QED) is 0.383. The number of ether oxygens (including phenoxy) is 1. The van der Waals surface area contributed by atoms with Crippen LogP contribution in [-0.2, 0) is 6.54 Å². The fourth-order valence-electron chi connectivity index (χ4n) is 2.64. The summed E-state index contributed by atoms with van der Waals surface area (Å²) in [5.41, 5.74) is 7.15. The Morgan fingerprint density at radius 2 is 2.08 bits per heavy atom. The van der Waals surface area contributed by atoms with E-state index in [0.717, 1.165) is 43.3 Å². The molecule has 2 aromatic rings. The van der Waals surface area contributed by atoms with Gasteiger partial charge < -0.3 is 20.3 Å². The first-order valence-corrected chi connectivity index (χ1v) is 9.42. The van der Waals surface area contributed by atoms with Crippen LogP contribution in [0.4, 0.5) is 5.13 Å². The van der Waals surface area contributed by atoms with Crippen LogP contribution in [0.25, 0.3) is 0 Å². The third-order valence-corrected chi connectivity index (χ3v) is 4.83. The molecule has 0 unspecified atom stereocenters. The minimum Gasteiger partial charge on any atom is -0.477 e. The fraction of sp³-hybridized carbons (Fsp3) is 0.471. The molecule has 1 aliphatic rings. The molecular weight excluding hydrogens is 463 g/mol. The van der Waals surface area contributed by atoms with E-state index in [1.54, 1.807) is 17.5 Å². The van der Waals surface area contributed by atoms with E-state index in [1.165, 1.54) is 0 Å². The first kappa shape index (κ1) is 20.7. The van der Waals surface area contributed by atoms with Gasteiger partial charge in [0.1, 0.15) is 0 Å². The smallest absolute Gasteiger partial charge is 0.218 e. The minimum atomic E-state index is 0. The molecule has 2 N–H and O–H groups in total. The van der Waals surface area contributed by atoms with E-state index in [2.05, 4.69) is 31.7 Å². The number of guanidine groups is 1. The fourth-order valence-corrected chi connectivity index (χ4v) is 3.34. The van der Waals surface area contributed by atoms with E-state index < -0.39 is 0 Å². The molecule has 1 aliphatic heterocycles.